The van der Waals surface area contributed by atoms with Crippen LogP contribution < -0.4 is 27.0 Å². The normalized spacial score (nSPS) is 12.9. The summed E-state index contributed by atoms with van der Waals surface area (Å²) < 4.78 is 0. The molecular formula is C40H43N5O6. The number of nitrogens with two attached hydrogens (primary N) is 1. The summed E-state index contributed by atoms with van der Waals surface area (Å²) in [4.78, 5) is 79.5. The molecule has 0 fully saturated rings. The molecule has 264 valence electrons. The molecule has 0 bridgehead atoms. The SMILES string of the molecule is CC(NC(=O)[C@H](Cc1ccccc1)NC(=O)C(c1ccccc1)c1ccccc1)C(=O)C(=O)N[C@@H](Cc1ccccc1)C(=O)NC(C)(C)C(N)=O. The number of rotatable bonds is 16. The van der Waals surface area contributed by atoms with Crippen LogP contribution in [-0.4, -0.2) is 59.0 Å². The van der Waals surface area contributed by atoms with E-state index in [-0.39, 0.29) is 12.8 Å². The van der Waals surface area contributed by atoms with E-state index in [0.717, 1.165) is 16.7 Å². The number of Topliss-reactive ketones (excluding diaryl/α,β-unsaturated/α-hetero) is 1. The van der Waals surface area contributed by atoms with Gasteiger partial charge in [0.25, 0.3) is 5.91 Å². The molecule has 0 aliphatic heterocycles. The molecule has 0 spiro atoms. The van der Waals surface area contributed by atoms with Crippen molar-refractivity contribution >= 4 is 35.3 Å². The van der Waals surface area contributed by atoms with E-state index < -0.39 is 64.9 Å². The van der Waals surface area contributed by atoms with Gasteiger partial charge in [-0.3, -0.25) is 28.8 Å². The van der Waals surface area contributed by atoms with E-state index in [2.05, 4.69) is 21.3 Å². The summed E-state index contributed by atoms with van der Waals surface area (Å²) in [5.74, 6) is -5.47. The van der Waals surface area contributed by atoms with Crippen molar-refractivity contribution in [3.05, 3.63) is 144 Å². The highest BCUT2D eigenvalue weighted by Gasteiger charge is 2.34. The second-order valence-electron chi connectivity index (χ2n) is 12.8. The Labute approximate surface area is 297 Å². The summed E-state index contributed by atoms with van der Waals surface area (Å²) in [5.41, 5.74) is 6.90. The summed E-state index contributed by atoms with van der Waals surface area (Å²) in [6.45, 7) is 4.19. The first kappa shape index (κ1) is 37.7. The lowest BCUT2D eigenvalue weighted by molar-refractivity contribution is -0.141. The molecule has 5 amide bonds. The lowest BCUT2D eigenvalue weighted by atomic mass is 9.90. The van der Waals surface area contributed by atoms with Crippen molar-refractivity contribution in [2.24, 2.45) is 5.73 Å². The molecule has 1 unspecified atom stereocenters. The van der Waals surface area contributed by atoms with Crippen LogP contribution in [0.5, 0.6) is 0 Å². The number of nitrogens with one attached hydrogen (secondary N) is 4. The van der Waals surface area contributed by atoms with Gasteiger partial charge in [0.2, 0.25) is 29.4 Å². The van der Waals surface area contributed by atoms with Crippen LogP contribution in [0.25, 0.3) is 0 Å². The summed E-state index contributed by atoms with van der Waals surface area (Å²) in [6, 6.07) is 32.6. The van der Waals surface area contributed by atoms with Crippen LogP contribution in [0.2, 0.25) is 0 Å². The first-order valence-electron chi connectivity index (χ1n) is 16.6. The van der Waals surface area contributed by atoms with Crippen molar-refractivity contribution in [2.45, 2.75) is 63.2 Å². The molecule has 51 heavy (non-hydrogen) atoms. The third-order valence-electron chi connectivity index (χ3n) is 8.38. The highest BCUT2D eigenvalue weighted by Crippen LogP contribution is 2.25. The highest BCUT2D eigenvalue weighted by atomic mass is 16.2. The number of benzene rings is 4. The molecule has 4 aromatic carbocycles. The summed E-state index contributed by atoms with van der Waals surface area (Å²) in [6.07, 6.45) is 0.118. The van der Waals surface area contributed by atoms with Crippen molar-refractivity contribution < 1.29 is 28.8 Å². The molecule has 4 rings (SSSR count). The van der Waals surface area contributed by atoms with E-state index >= 15 is 0 Å². The number of hydrogen-bond donors (Lipinski definition) is 5. The van der Waals surface area contributed by atoms with E-state index in [9.17, 15) is 28.8 Å². The van der Waals surface area contributed by atoms with Crippen LogP contribution in [0.1, 0.15) is 48.9 Å². The number of ketones is 1. The van der Waals surface area contributed by atoms with Crippen LogP contribution in [-0.2, 0) is 41.6 Å². The Morgan fingerprint density at radius 3 is 1.41 bits per heavy atom. The van der Waals surface area contributed by atoms with Crippen molar-refractivity contribution in [1.29, 1.82) is 0 Å². The largest absolute Gasteiger partial charge is 0.368 e. The van der Waals surface area contributed by atoms with Crippen LogP contribution in [0.4, 0.5) is 0 Å². The second-order valence-corrected chi connectivity index (χ2v) is 12.8. The van der Waals surface area contributed by atoms with Crippen LogP contribution >= 0.6 is 0 Å². The maximum absolute atomic E-state index is 14.0. The Hall–Kier alpha value is -6.10. The van der Waals surface area contributed by atoms with Crippen molar-refractivity contribution in [1.82, 2.24) is 21.3 Å². The predicted molar refractivity (Wildman–Crippen MR) is 193 cm³/mol. The average molecular weight is 690 g/mol. The quantitative estimate of drug-likeness (QED) is 0.113. The molecule has 6 N–H and O–H groups in total. The molecule has 11 nitrogen and oxygen atoms in total. The molecule has 0 radical (unpaired) electrons. The van der Waals surface area contributed by atoms with Gasteiger partial charge in [0.15, 0.2) is 0 Å². The van der Waals surface area contributed by atoms with Crippen LogP contribution in [0.3, 0.4) is 0 Å². The maximum Gasteiger partial charge on any atom is 0.290 e. The van der Waals surface area contributed by atoms with E-state index in [1.165, 1.54) is 20.8 Å². The van der Waals surface area contributed by atoms with Gasteiger partial charge in [-0.15, -0.1) is 0 Å². The summed E-state index contributed by atoms with van der Waals surface area (Å²) in [7, 11) is 0. The molecule has 0 saturated carbocycles. The van der Waals surface area contributed by atoms with E-state index in [0.29, 0.717) is 5.56 Å². The van der Waals surface area contributed by atoms with E-state index in [1.807, 2.05) is 91.0 Å². The molecule has 4 aromatic rings. The summed E-state index contributed by atoms with van der Waals surface area (Å²) >= 11 is 0. The Morgan fingerprint density at radius 1 is 0.569 bits per heavy atom. The van der Waals surface area contributed by atoms with Gasteiger partial charge in [-0.2, -0.15) is 0 Å². The fraction of sp³-hybridized carbons (Fsp3) is 0.250. The third kappa shape index (κ3) is 10.7. The minimum Gasteiger partial charge on any atom is -0.368 e. The van der Waals surface area contributed by atoms with Crippen LogP contribution in [0, 0.1) is 0 Å². The Bertz CT molecular complexity index is 1780. The van der Waals surface area contributed by atoms with Gasteiger partial charge in [-0.05, 0) is 43.0 Å². The first-order chi connectivity index (χ1) is 24.4. The van der Waals surface area contributed by atoms with E-state index in [1.54, 1.807) is 30.3 Å². The van der Waals surface area contributed by atoms with Gasteiger partial charge in [0.1, 0.15) is 17.6 Å². The molecule has 0 aliphatic rings. The molecule has 11 heteroatoms. The Kier molecular flexibility index (Phi) is 13.0. The Morgan fingerprint density at radius 2 is 0.980 bits per heavy atom. The van der Waals surface area contributed by atoms with Gasteiger partial charge in [-0.25, -0.2) is 0 Å². The van der Waals surface area contributed by atoms with Crippen molar-refractivity contribution in [3.63, 3.8) is 0 Å². The molecule has 0 heterocycles. The average Bonchev–Trinajstić information content (AvgIpc) is 3.12. The number of hydrogen-bond acceptors (Lipinski definition) is 6. The fourth-order valence-electron chi connectivity index (χ4n) is 5.42. The minimum absolute atomic E-state index is 0.0104. The lowest BCUT2D eigenvalue weighted by Gasteiger charge is -2.27. The molecule has 0 aromatic heterocycles. The topological polar surface area (TPSA) is 177 Å². The van der Waals surface area contributed by atoms with Gasteiger partial charge in [-0.1, -0.05) is 121 Å². The maximum atomic E-state index is 14.0. The number of carbonyl (C=O) groups is 6. The fourth-order valence-corrected chi connectivity index (χ4v) is 5.42. The third-order valence-corrected chi connectivity index (χ3v) is 8.38. The van der Waals surface area contributed by atoms with Gasteiger partial charge >= 0.3 is 0 Å². The number of carbonyl (C=O) groups excluding carboxylic acids is 6. The zero-order valence-electron chi connectivity index (χ0n) is 28.8. The lowest BCUT2D eigenvalue weighted by Crippen LogP contribution is -2.60. The summed E-state index contributed by atoms with van der Waals surface area (Å²) in [5, 5.41) is 10.5. The zero-order valence-corrected chi connectivity index (χ0v) is 28.8. The minimum atomic E-state index is -1.43. The van der Waals surface area contributed by atoms with Crippen LogP contribution in [0.15, 0.2) is 121 Å². The van der Waals surface area contributed by atoms with Crippen molar-refractivity contribution in [2.75, 3.05) is 0 Å². The smallest absolute Gasteiger partial charge is 0.290 e. The monoisotopic (exact) mass is 689 g/mol. The molecule has 3 atom stereocenters. The zero-order chi connectivity index (χ0) is 37.0. The van der Waals surface area contributed by atoms with Gasteiger partial charge in [0, 0.05) is 12.8 Å². The van der Waals surface area contributed by atoms with Gasteiger partial charge in [0.05, 0.1) is 12.0 Å². The highest BCUT2D eigenvalue weighted by molar-refractivity contribution is 6.38. The van der Waals surface area contributed by atoms with Gasteiger partial charge < -0.3 is 27.0 Å². The molecule has 0 saturated heterocycles. The number of primary amides is 1. The van der Waals surface area contributed by atoms with E-state index in [4.69, 9.17) is 5.73 Å². The standard InChI is InChI=1S/C40H43N5O6/c1-26(34(46)38(50)44-32(25-28-18-10-5-11-19-28)36(48)45-40(2,3)39(41)51)42-35(47)31(24-27-16-8-4-9-17-27)43-37(49)33(29-20-12-6-13-21-29)30-22-14-7-15-23-30/h4-23,26,31-33H,24-25H2,1-3H3,(H2,41,51)(H,42,47)(H,43,49)(H,44,50)(H,45,48)/t26?,31-,32-/m0/s1. The molecule has 0 aliphatic carbocycles. The predicted octanol–water partition coefficient (Wildman–Crippen LogP) is 2.73. The molecular weight excluding hydrogens is 646 g/mol. The first-order valence-corrected chi connectivity index (χ1v) is 16.6. The Balaban J connectivity index is 1.52. The number of amides is 5. The van der Waals surface area contributed by atoms with Crippen molar-refractivity contribution in [3.8, 4) is 0 Å². The second kappa shape index (κ2) is 17.5.